The number of para-hydroxylation sites is 1. The molecule has 0 aliphatic heterocycles. The third-order valence-corrected chi connectivity index (χ3v) is 3.84. The Balaban J connectivity index is 1.79. The van der Waals surface area contributed by atoms with Crippen LogP contribution in [0.15, 0.2) is 39.3 Å². The Morgan fingerprint density at radius 1 is 1.32 bits per heavy atom. The van der Waals surface area contributed by atoms with Crippen LogP contribution in [0.3, 0.4) is 0 Å². The number of hydrogen-bond acceptors (Lipinski definition) is 6. The maximum absolute atomic E-state index is 5.95. The van der Waals surface area contributed by atoms with Gasteiger partial charge in [-0.05, 0) is 25.6 Å². The zero-order valence-electron chi connectivity index (χ0n) is 12.8. The molecule has 116 valence electrons. The summed E-state index contributed by atoms with van der Waals surface area (Å²) < 4.78 is 11.0. The summed E-state index contributed by atoms with van der Waals surface area (Å²) in [4.78, 5) is 6.49. The van der Waals surface area contributed by atoms with Crippen molar-refractivity contribution in [1.82, 2.24) is 15.0 Å². The molecule has 22 heavy (non-hydrogen) atoms. The molecule has 0 radical (unpaired) electrons. The zero-order chi connectivity index (χ0) is 15.5. The number of benzene rings is 1. The Hall–Kier alpha value is -2.18. The molecule has 2 heterocycles. The monoisotopic (exact) mass is 300 g/mol. The van der Waals surface area contributed by atoms with Gasteiger partial charge in [0.15, 0.2) is 5.82 Å². The van der Waals surface area contributed by atoms with Gasteiger partial charge in [0, 0.05) is 5.39 Å². The molecule has 0 saturated heterocycles. The van der Waals surface area contributed by atoms with Crippen molar-refractivity contribution in [1.29, 1.82) is 0 Å². The van der Waals surface area contributed by atoms with Gasteiger partial charge >= 0.3 is 0 Å². The van der Waals surface area contributed by atoms with Crippen molar-refractivity contribution in [2.45, 2.75) is 33.0 Å². The first kappa shape index (κ1) is 14.7. The largest absolute Gasteiger partial charge is 0.459 e. The predicted molar refractivity (Wildman–Crippen MR) is 82.9 cm³/mol. The topological polar surface area (TPSA) is 81.3 Å². The van der Waals surface area contributed by atoms with Crippen molar-refractivity contribution in [3.05, 3.63) is 47.8 Å². The number of fused-ring (bicyclic) bond motifs is 1. The summed E-state index contributed by atoms with van der Waals surface area (Å²) in [5.74, 6) is 2.04. The van der Waals surface area contributed by atoms with Gasteiger partial charge in [-0.2, -0.15) is 4.98 Å². The lowest BCUT2D eigenvalue weighted by atomic mass is 10.2. The summed E-state index contributed by atoms with van der Waals surface area (Å²) in [7, 11) is 0. The minimum absolute atomic E-state index is 0.122. The number of furan rings is 1. The molecule has 2 aromatic heterocycles. The summed E-state index contributed by atoms with van der Waals surface area (Å²) in [6.45, 7) is 5.93. The fourth-order valence-corrected chi connectivity index (χ4v) is 2.53. The van der Waals surface area contributed by atoms with Crippen molar-refractivity contribution in [2.75, 3.05) is 6.54 Å². The van der Waals surface area contributed by atoms with Gasteiger partial charge in [0.1, 0.15) is 11.3 Å². The number of aromatic nitrogens is 2. The molecule has 3 aromatic rings. The average molecular weight is 300 g/mol. The van der Waals surface area contributed by atoms with Crippen LogP contribution in [0.25, 0.3) is 11.0 Å². The summed E-state index contributed by atoms with van der Waals surface area (Å²) in [5.41, 5.74) is 6.40. The Morgan fingerprint density at radius 3 is 2.82 bits per heavy atom. The van der Waals surface area contributed by atoms with Gasteiger partial charge in [-0.25, -0.2) is 0 Å². The van der Waals surface area contributed by atoms with Gasteiger partial charge in [-0.15, -0.1) is 0 Å². The third kappa shape index (κ3) is 2.88. The maximum Gasteiger partial charge on any atom is 0.240 e. The third-order valence-electron chi connectivity index (χ3n) is 3.84. The highest BCUT2D eigenvalue weighted by molar-refractivity contribution is 5.77. The lowest BCUT2D eigenvalue weighted by Crippen LogP contribution is -2.26. The van der Waals surface area contributed by atoms with Gasteiger partial charge in [0.25, 0.3) is 0 Å². The molecule has 1 unspecified atom stereocenters. The van der Waals surface area contributed by atoms with Gasteiger partial charge in [0.05, 0.1) is 19.1 Å². The molecule has 3 rings (SSSR count). The highest BCUT2D eigenvalue weighted by atomic mass is 16.5. The average Bonchev–Trinajstić information content (AvgIpc) is 3.18. The van der Waals surface area contributed by atoms with Crippen molar-refractivity contribution in [3.8, 4) is 0 Å². The van der Waals surface area contributed by atoms with Crippen molar-refractivity contribution in [2.24, 2.45) is 5.73 Å². The summed E-state index contributed by atoms with van der Waals surface area (Å²) >= 11 is 0. The second-order valence-electron chi connectivity index (χ2n) is 5.23. The second kappa shape index (κ2) is 6.29. The number of hydrogen-bond donors (Lipinski definition) is 1. The fraction of sp³-hybridized carbons (Fsp3) is 0.375. The van der Waals surface area contributed by atoms with Crippen LogP contribution in [0.1, 0.15) is 37.4 Å². The summed E-state index contributed by atoms with van der Waals surface area (Å²) in [5, 5.41) is 5.07. The first-order valence-corrected chi connectivity index (χ1v) is 7.45. The first-order chi connectivity index (χ1) is 10.7. The van der Waals surface area contributed by atoms with E-state index < -0.39 is 0 Å². The standard InChI is InChI=1S/C16H20N4O2/c1-3-20(10-15-18-16(9-17)22-19-15)11(2)14-8-12-6-4-5-7-13(12)21-14/h4-8,11H,3,9-10,17H2,1-2H3. The van der Waals surface area contributed by atoms with Crippen LogP contribution in [-0.2, 0) is 13.1 Å². The first-order valence-electron chi connectivity index (χ1n) is 7.45. The SMILES string of the molecule is CCN(Cc1noc(CN)n1)C(C)c1cc2ccccc2o1. The van der Waals surface area contributed by atoms with Crippen molar-refractivity contribution >= 4 is 11.0 Å². The van der Waals surface area contributed by atoms with Crippen molar-refractivity contribution < 1.29 is 8.94 Å². The molecule has 6 nitrogen and oxygen atoms in total. The van der Waals surface area contributed by atoms with E-state index in [1.807, 2.05) is 18.2 Å². The maximum atomic E-state index is 5.95. The summed E-state index contributed by atoms with van der Waals surface area (Å²) in [6, 6.07) is 10.2. The van der Waals surface area contributed by atoms with Crippen LogP contribution in [0.4, 0.5) is 0 Å². The van der Waals surface area contributed by atoms with E-state index in [4.69, 9.17) is 14.7 Å². The van der Waals surface area contributed by atoms with Crippen LogP contribution >= 0.6 is 0 Å². The van der Waals surface area contributed by atoms with Gasteiger partial charge in [-0.1, -0.05) is 30.3 Å². The molecule has 0 saturated carbocycles. The molecule has 2 N–H and O–H groups in total. The van der Waals surface area contributed by atoms with Crippen LogP contribution in [0, 0.1) is 0 Å². The van der Waals surface area contributed by atoms with Crippen LogP contribution in [0.2, 0.25) is 0 Å². The molecular weight excluding hydrogens is 280 g/mol. The van der Waals surface area contributed by atoms with Crippen LogP contribution in [-0.4, -0.2) is 21.6 Å². The Morgan fingerprint density at radius 2 is 2.14 bits per heavy atom. The van der Waals surface area contributed by atoms with Crippen LogP contribution < -0.4 is 5.73 Å². The Labute approximate surface area is 128 Å². The minimum Gasteiger partial charge on any atom is -0.459 e. The molecule has 6 heteroatoms. The number of nitrogens with two attached hydrogens (primary N) is 1. The second-order valence-corrected chi connectivity index (χ2v) is 5.23. The molecule has 0 spiro atoms. The van der Waals surface area contributed by atoms with Gasteiger partial charge in [-0.3, -0.25) is 4.90 Å². The van der Waals surface area contributed by atoms with E-state index in [0.717, 1.165) is 23.3 Å². The molecule has 0 aliphatic carbocycles. The molecule has 0 fully saturated rings. The quantitative estimate of drug-likeness (QED) is 0.754. The van der Waals surface area contributed by atoms with E-state index in [2.05, 4.69) is 41.0 Å². The van der Waals surface area contributed by atoms with E-state index in [-0.39, 0.29) is 12.6 Å². The zero-order valence-corrected chi connectivity index (χ0v) is 12.8. The Bertz CT molecular complexity index is 716. The van der Waals surface area contributed by atoms with Gasteiger partial charge in [0.2, 0.25) is 5.89 Å². The van der Waals surface area contributed by atoms with Gasteiger partial charge < -0.3 is 14.7 Å². The molecule has 0 amide bonds. The minimum atomic E-state index is 0.122. The lowest BCUT2D eigenvalue weighted by Gasteiger charge is -2.24. The Kier molecular flexibility index (Phi) is 4.22. The van der Waals surface area contributed by atoms with Crippen molar-refractivity contribution in [3.63, 3.8) is 0 Å². The highest BCUT2D eigenvalue weighted by Crippen LogP contribution is 2.27. The smallest absolute Gasteiger partial charge is 0.240 e. The molecule has 0 aliphatic rings. The molecular formula is C16H20N4O2. The lowest BCUT2D eigenvalue weighted by molar-refractivity contribution is 0.184. The predicted octanol–water partition coefficient (Wildman–Crippen LogP) is 2.86. The number of rotatable bonds is 6. The normalized spacial score (nSPS) is 13.1. The molecule has 0 bridgehead atoms. The molecule has 1 atom stereocenters. The van der Waals surface area contributed by atoms with Crippen LogP contribution in [0.5, 0.6) is 0 Å². The van der Waals surface area contributed by atoms with E-state index in [1.165, 1.54) is 0 Å². The van der Waals surface area contributed by atoms with E-state index >= 15 is 0 Å². The summed E-state index contributed by atoms with van der Waals surface area (Å²) in [6.07, 6.45) is 0. The van der Waals surface area contributed by atoms with E-state index in [9.17, 15) is 0 Å². The van der Waals surface area contributed by atoms with E-state index in [1.54, 1.807) is 0 Å². The fourth-order valence-electron chi connectivity index (χ4n) is 2.53. The highest BCUT2D eigenvalue weighted by Gasteiger charge is 2.20. The molecule has 1 aromatic carbocycles. The number of nitrogens with zero attached hydrogens (tertiary/aromatic N) is 3. The van der Waals surface area contributed by atoms with E-state index in [0.29, 0.717) is 18.3 Å².